The largest absolute Gasteiger partial charge is 0.450 e. The number of benzene rings is 3. The number of carbonyl (C=O) groups excluding carboxylic acids is 1. The van der Waals surface area contributed by atoms with Gasteiger partial charge in [0.25, 0.3) is 5.91 Å². The molecule has 1 atom stereocenters. The van der Waals surface area contributed by atoms with Gasteiger partial charge >= 0.3 is 0 Å². The average Bonchev–Trinajstić information content (AvgIpc) is 3.03. The highest BCUT2D eigenvalue weighted by Gasteiger charge is 2.43. The number of nitrogens with zero attached hydrogens (tertiary/aromatic N) is 1. The number of aryl methyl sites for hydroxylation is 2. The average molecular weight is 450 g/mol. The standard InChI is InChI=1S/C25H17Cl2NO3/c1-13-6-9-20-18(10-13)23(29)21-22(15-4-3-5-16(26)11-15)28(25(30)24(21)31-20)17-8-7-14(2)19(27)12-17/h3-12,22H,1-2H3. The summed E-state index contributed by atoms with van der Waals surface area (Å²) in [7, 11) is 0. The van der Waals surface area contributed by atoms with Crippen molar-refractivity contribution >= 4 is 45.8 Å². The predicted octanol–water partition coefficient (Wildman–Crippen LogP) is 6.47. The van der Waals surface area contributed by atoms with Crippen molar-refractivity contribution in [3.63, 3.8) is 0 Å². The first-order chi connectivity index (χ1) is 14.8. The Hall–Kier alpha value is -3.08. The molecule has 0 spiro atoms. The van der Waals surface area contributed by atoms with E-state index in [1.165, 1.54) is 0 Å². The summed E-state index contributed by atoms with van der Waals surface area (Å²) in [5.74, 6) is -0.345. The van der Waals surface area contributed by atoms with Crippen LogP contribution in [0.25, 0.3) is 11.0 Å². The van der Waals surface area contributed by atoms with E-state index in [1.807, 2.05) is 38.1 Å². The van der Waals surface area contributed by atoms with Crippen LogP contribution < -0.4 is 10.3 Å². The Kier molecular flexibility index (Phi) is 4.65. The second-order valence-corrected chi connectivity index (χ2v) is 8.58. The van der Waals surface area contributed by atoms with E-state index < -0.39 is 6.04 Å². The van der Waals surface area contributed by atoms with E-state index >= 15 is 0 Å². The van der Waals surface area contributed by atoms with Crippen LogP contribution in [0.4, 0.5) is 5.69 Å². The van der Waals surface area contributed by atoms with Crippen LogP contribution in [0.5, 0.6) is 0 Å². The molecule has 0 bridgehead atoms. The van der Waals surface area contributed by atoms with Crippen LogP contribution in [0.15, 0.2) is 69.9 Å². The van der Waals surface area contributed by atoms with Gasteiger partial charge in [0.1, 0.15) is 5.58 Å². The molecule has 0 fully saturated rings. The summed E-state index contributed by atoms with van der Waals surface area (Å²) in [5.41, 5.74) is 3.60. The van der Waals surface area contributed by atoms with Crippen molar-refractivity contribution in [2.24, 2.45) is 0 Å². The molecule has 0 radical (unpaired) electrons. The second-order valence-electron chi connectivity index (χ2n) is 7.74. The molecule has 1 unspecified atom stereocenters. The molecule has 31 heavy (non-hydrogen) atoms. The number of carbonyl (C=O) groups is 1. The third-order valence-corrected chi connectivity index (χ3v) is 6.27. The number of amides is 1. The molecule has 1 amide bonds. The van der Waals surface area contributed by atoms with Gasteiger partial charge in [0.15, 0.2) is 5.43 Å². The van der Waals surface area contributed by atoms with Gasteiger partial charge < -0.3 is 4.42 Å². The van der Waals surface area contributed by atoms with Crippen molar-refractivity contribution in [3.8, 4) is 0 Å². The van der Waals surface area contributed by atoms with E-state index in [-0.39, 0.29) is 17.1 Å². The van der Waals surface area contributed by atoms with E-state index in [9.17, 15) is 9.59 Å². The molecule has 0 aliphatic carbocycles. The van der Waals surface area contributed by atoms with Gasteiger partial charge in [-0.05, 0) is 61.4 Å². The molecule has 1 aromatic heterocycles. The number of rotatable bonds is 2. The van der Waals surface area contributed by atoms with Crippen molar-refractivity contribution in [1.29, 1.82) is 0 Å². The SMILES string of the molecule is Cc1ccc2oc3c(c(=O)c2c1)C(c1cccc(Cl)c1)N(c1ccc(C)c(Cl)c1)C3=O. The van der Waals surface area contributed by atoms with E-state index in [4.69, 9.17) is 27.6 Å². The van der Waals surface area contributed by atoms with Gasteiger partial charge in [0.2, 0.25) is 5.76 Å². The van der Waals surface area contributed by atoms with Crippen LogP contribution in [0.3, 0.4) is 0 Å². The Morgan fingerprint density at radius 2 is 1.74 bits per heavy atom. The van der Waals surface area contributed by atoms with E-state index in [0.29, 0.717) is 32.3 Å². The number of fused-ring (bicyclic) bond motifs is 2. The molecule has 4 nitrogen and oxygen atoms in total. The first-order valence-electron chi connectivity index (χ1n) is 9.77. The predicted molar refractivity (Wildman–Crippen MR) is 124 cm³/mol. The van der Waals surface area contributed by atoms with Gasteiger partial charge in [0.05, 0.1) is 17.0 Å². The van der Waals surface area contributed by atoms with Gasteiger partial charge in [-0.3, -0.25) is 14.5 Å². The zero-order valence-corrected chi connectivity index (χ0v) is 18.3. The monoisotopic (exact) mass is 449 g/mol. The molecule has 0 N–H and O–H groups in total. The summed E-state index contributed by atoms with van der Waals surface area (Å²) >= 11 is 12.6. The first-order valence-corrected chi connectivity index (χ1v) is 10.5. The van der Waals surface area contributed by atoms with Crippen molar-refractivity contribution < 1.29 is 9.21 Å². The molecule has 2 heterocycles. The molecular weight excluding hydrogens is 433 g/mol. The van der Waals surface area contributed by atoms with Crippen LogP contribution in [-0.2, 0) is 0 Å². The first kappa shape index (κ1) is 19.9. The molecule has 4 aromatic rings. The maximum Gasteiger partial charge on any atom is 0.295 e. The van der Waals surface area contributed by atoms with Crippen LogP contribution >= 0.6 is 23.2 Å². The van der Waals surface area contributed by atoms with Gasteiger partial charge in [-0.1, -0.05) is 53.0 Å². The summed E-state index contributed by atoms with van der Waals surface area (Å²) in [5, 5.41) is 1.50. The van der Waals surface area contributed by atoms with Crippen LogP contribution in [0.2, 0.25) is 10.0 Å². The minimum absolute atomic E-state index is 0.0445. The molecule has 0 saturated heterocycles. The molecule has 1 aliphatic heterocycles. The molecule has 0 saturated carbocycles. The van der Waals surface area contributed by atoms with E-state index in [0.717, 1.165) is 16.7 Å². The van der Waals surface area contributed by atoms with Crippen LogP contribution in [0, 0.1) is 13.8 Å². The van der Waals surface area contributed by atoms with Crippen LogP contribution in [0.1, 0.15) is 38.9 Å². The van der Waals surface area contributed by atoms with Gasteiger partial charge in [-0.15, -0.1) is 0 Å². The quantitative estimate of drug-likeness (QED) is 0.352. The highest BCUT2D eigenvalue weighted by molar-refractivity contribution is 6.32. The van der Waals surface area contributed by atoms with Gasteiger partial charge in [-0.25, -0.2) is 0 Å². The summed E-state index contributed by atoms with van der Waals surface area (Å²) < 4.78 is 5.98. The number of hydrogen-bond acceptors (Lipinski definition) is 3. The summed E-state index contributed by atoms with van der Waals surface area (Å²) in [4.78, 5) is 28.7. The number of anilines is 1. The fourth-order valence-corrected chi connectivity index (χ4v) is 4.45. The van der Waals surface area contributed by atoms with Crippen molar-refractivity contribution in [1.82, 2.24) is 0 Å². The highest BCUT2D eigenvalue weighted by atomic mass is 35.5. The Labute approximate surface area is 188 Å². The maximum absolute atomic E-state index is 13.6. The summed E-state index contributed by atoms with van der Waals surface area (Å²) in [6, 6.07) is 17.2. The van der Waals surface area contributed by atoms with Crippen molar-refractivity contribution in [2.45, 2.75) is 19.9 Å². The van der Waals surface area contributed by atoms with Gasteiger partial charge in [-0.2, -0.15) is 0 Å². The lowest BCUT2D eigenvalue weighted by atomic mass is 9.98. The lowest BCUT2D eigenvalue weighted by Gasteiger charge is -2.25. The Morgan fingerprint density at radius 1 is 0.935 bits per heavy atom. The molecule has 3 aromatic carbocycles. The van der Waals surface area contributed by atoms with Crippen molar-refractivity contribution in [2.75, 3.05) is 4.90 Å². The topological polar surface area (TPSA) is 50.5 Å². The molecule has 1 aliphatic rings. The Morgan fingerprint density at radius 3 is 2.48 bits per heavy atom. The molecule has 154 valence electrons. The highest BCUT2D eigenvalue weighted by Crippen LogP contribution is 2.42. The Balaban J connectivity index is 1.83. The molecule has 6 heteroatoms. The van der Waals surface area contributed by atoms with Crippen molar-refractivity contribution in [3.05, 3.63) is 109 Å². The Bertz CT molecular complexity index is 1440. The smallest absolute Gasteiger partial charge is 0.295 e. The zero-order valence-electron chi connectivity index (χ0n) is 16.8. The van der Waals surface area contributed by atoms with E-state index in [1.54, 1.807) is 41.3 Å². The minimum atomic E-state index is -0.680. The van der Waals surface area contributed by atoms with Gasteiger partial charge in [0, 0.05) is 15.7 Å². The fourth-order valence-electron chi connectivity index (χ4n) is 4.08. The second kappa shape index (κ2) is 7.26. The zero-order chi connectivity index (χ0) is 21.9. The number of halogens is 2. The fraction of sp³-hybridized carbons (Fsp3) is 0.120. The minimum Gasteiger partial charge on any atom is -0.450 e. The normalized spacial score (nSPS) is 15.5. The number of hydrogen-bond donors (Lipinski definition) is 0. The van der Waals surface area contributed by atoms with E-state index in [2.05, 4.69) is 0 Å². The molecular formula is C25H17Cl2NO3. The lowest BCUT2D eigenvalue weighted by Crippen LogP contribution is -2.29. The summed E-state index contributed by atoms with van der Waals surface area (Å²) in [6.07, 6.45) is 0. The van der Waals surface area contributed by atoms with Crippen LogP contribution in [-0.4, -0.2) is 5.91 Å². The maximum atomic E-state index is 13.6. The molecule has 5 rings (SSSR count). The third kappa shape index (κ3) is 3.14. The lowest BCUT2D eigenvalue weighted by molar-refractivity contribution is 0.0971. The summed E-state index contributed by atoms with van der Waals surface area (Å²) in [6.45, 7) is 3.80. The third-order valence-electron chi connectivity index (χ3n) is 5.62.